The molecule has 0 spiro atoms. The third-order valence-corrected chi connectivity index (χ3v) is 16.7. The average molecular weight is 868 g/mol. The first-order chi connectivity index (χ1) is 30.6. The number of rotatable bonds is 9. The Morgan fingerprint density at radius 2 is 1.03 bits per heavy atom. The van der Waals surface area contributed by atoms with Crippen molar-refractivity contribution in [2.45, 2.75) is 129 Å². The molecule has 8 saturated carbocycles. The van der Waals surface area contributed by atoms with Crippen molar-refractivity contribution < 1.29 is 9.59 Å². The zero-order valence-electron chi connectivity index (χ0n) is 37.2. The van der Waals surface area contributed by atoms with E-state index in [0.717, 1.165) is 110 Å². The maximum Gasteiger partial charge on any atom is 0.224 e. The Labute approximate surface area is 380 Å². The van der Waals surface area contributed by atoms with Crippen LogP contribution in [0.1, 0.15) is 124 Å². The molecule has 14 rings (SSSR count). The quantitative estimate of drug-likeness (QED) is 0.161. The van der Waals surface area contributed by atoms with Crippen LogP contribution in [0.25, 0.3) is 0 Å². The molecule has 332 valence electrons. The molecule has 9 heteroatoms. The summed E-state index contributed by atoms with van der Waals surface area (Å²) < 4.78 is 0. The van der Waals surface area contributed by atoms with E-state index in [0.29, 0.717) is 23.7 Å². The average Bonchev–Trinajstić information content (AvgIpc) is 3.23. The van der Waals surface area contributed by atoms with Crippen molar-refractivity contribution in [2.75, 3.05) is 24.1 Å². The highest BCUT2D eigenvalue weighted by Gasteiger charge is 2.52. The number of hydrogen-bond acceptors (Lipinski definition) is 7. The van der Waals surface area contributed by atoms with E-state index in [1.165, 1.54) is 99.3 Å². The number of pyridine rings is 2. The van der Waals surface area contributed by atoms with Crippen LogP contribution >= 0.6 is 11.6 Å². The maximum absolute atomic E-state index is 13.1. The molecule has 8 fully saturated rings. The number of nitrogens with zero attached hydrogens (tertiary/aromatic N) is 4. The van der Waals surface area contributed by atoms with Gasteiger partial charge in [0.1, 0.15) is 0 Å². The van der Waals surface area contributed by atoms with Crippen molar-refractivity contribution >= 4 is 34.1 Å². The number of nitrogen functional groups attached to an aromatic ring is 1. The Morgan fingerprint density at radius 3 is 1.51 bits per heavy atom. The van der Waals surface area contributed by atoms with Gasteiger partial charge < -0.3 is 11.1 Å². The summed E-state index contributed by atoms with van der Waals surface area (Å²) in [6, 6.07) is 25.1. The van der Waals surface area contributed by atoms with Gasteiger partial charge in [0.15, 0.2) is 0 Å². The second-order valence-corrected chi connectivity index (χ2v) is 22.0. The molecule has 0 radical (unpaired) electrons. The van der Waals surface area contributed by atoms with Crippen molar-refractivity contribution in [3.05, 3.63) is 119 Å². The van der Waals surface area contributed by atoms with Gasteiger partial charge in [-0.25, -0.2) is 0 Å². The molecular formula is C54H67ClN6O2. The van der Waals surface area contributed by atoms with E-state index in [1.807, 2.05) is 18.3 Å². The van der Waals surface area contributed by atoms with Gasteiger partial charge in [0.25, 0.3) is 0 Å². The van der Waals surface area contributed by atoms with Crippen molar-refractivity contribution in [3.63, 3.8) is 0 Å². The predicted molar refractivity (Wildman–Crippen MR) is 251 cm³/mol. The van der Waals surface area contributed by atoms with Gasteiger partial charge in [-0.05, 0) is 182 Å². The molecule has 4 aromatic rings. The number of nitrogens with one attached hydrogen (secondary N) is 1. The highest BCUT2D eigenvalue weighted by Crippen LogP contribution is 2.62. The Bertz CT molecular complexity index is 2180. The van der Waals surface area contributed by atoms with Gasteiger partial charge in [-0.3, -0.25) is 29.4 Å². The lowest BCUT2D eigenvalue weighted by molar-refractivity contribution is -0.124. The van der Waals surface area contributed by atoms with Crippen molar-refractivity contribution in [3.8, 4) is 0 Å². The molecule has 2 aromatic heterocycles. The Kier molecular flexibility index (Phi) is 12.5. The van der Waals surface area contributed by atoms with Crippen LogP contribution in [0.4, 0.5) is 11.4 Å². The maximum atomic E-state index is 13.1. The third kappa shape index (κ3) is 10.1. The Morgan fingerprint density at radius 1 is 0.603 bits per heavy atom. The van der Waals surface area contributed by atoms with Gasteiger partial charge in [0, 0.05) is 75.9 Å². The number of carbonyl (C=O) groups is 2. The lowest BCUT2D eigenvalue weighted by Crippen LogP contribution is -2.47. The van der Waals surface area contributed by atoms with Crippen molar-refractivity contribution in [2.24, 2.45) is 46.3 Å². The topological polar surface area (TPSA) is 104 Å². The Hall–Kier alpha value is -4.11. The van der Waals surface area contributed by atoms with Crippen LogP contribution in [0, 0.1) is 46.3 Å². The fourth-order valence-corrected chi connectivity index (χ4v) is 15.2. The highest BCUT2D eigenvalue weighted by atomic mass is 35.5. The number of carbonyl (C=O) groups excluding carboxylic acids is 2. The zero-order valence-corrected chi connectivity index (χ0v) is 37.9. The van der Waals surface area contributed by atoms with E-state index in [-0.39, 0.29) is 11.1 Å². The molecule has 2 aromatic carbocycles. The first kappa shape index (κ1) is 42.8. The lowest BCUT2D eigenvalue weighted by Gasteiger charge is -2.56. The van der Waals surface area contributed by atoms with Gasteiger partial charge in [-0.2, -0.15) is 0 Å². The monoisotopic (exact) mass is 867 g/mol. The van der Waals surface area contributed by atoms with Crippen LogP contribution in [-0.4, -0.2) is 44.0 Å². The fourth-order valence-electron chi connectivity index (χ4n) is 15.0. The minimum atomic E-state index is -0.105. The van der Waals surface area contributed by atoms with Crippen LogP contribution in [0.5, 0.6) is 0 Å². The molecule has 0 unspecified atom stereocenters. The summed E-state index contributed by atoms with van der Waals surface area (Å²) in [5.74, 6) is 5.68. The van der Waals surface area contributed by atoms with E-state index in [2.05, 4.69) is 85.7 Å². The van der Waals surface area contributed by atoms with Crippen LogP contribution in [-0.2, 0) is 48.6 Å². The fraction of sp³-hybridized carbons (Fsp3) is 0.556. The Balaban J connectivity index is 0.000000124. The zero-order chi connectivity index (χ0) is 43.0. The summed E-state index contributed by atoms with van der Waals surface area (Å²) >= 11 is 5.57. The highest BCUT2D eigenvalue weighted by molar-refractivity contribution is 6.63. The lowest BCUT2D eigenvalue weighted by atomic mass is 9.49. The summed E-state index contributed by atoms with van der Waals surface area (Å²) in [6.45, 7) is 5.74. The summed E-state index contributed by atoms with van der Waals surface area (Å²) in [6.07, 6.45) is 23.3. The first-order valence-corrected chi connectivity index (χ1v) is 24.7. The first-order valence-electron chi connectivity index (χ1n) is 24.3. The van der Waals surface area contributed by atoms with Crippen LogP contribution in [0.3, 0.4) is 0 Å². The van der Waals surface area contributed by atoms with Crippen LogP contribution in [0.2, 0.25) is 0 Å². The molecule has 0 atom stereocenters. The second kappa shape index (κ2) is 18.4. The van der Waals surface area contributed by atoms with E-state index in [1.54, 1.807) is 6.20 Å². The minimum Gasteiger partial charge on any atom is -0.398 e. The molecule has 4 heterocycles. The van der Waals surface area contributed by atoms with E-state index in [4.69, 9.17) is 17.3 Å². The minimum absolute atomic E-state index is 0.105. The molecule has 0 saturated heterocycles. The molecule has 10 aliphatic rings. The van der Waals surface area contributed by atoms with E-state index in [9.17, 15) is 9.59 Å². The van der Waals surface area contributed by atoms with Gasteiger partial charge in [-0.15, -0.1) is 0 Å². The van der Waals surface area contributed by atoms with E-state index >= 15 is 0 Å². The van der Waals surface area contributed by atoms with Gasteiger partial charge in [0.05, 0.1) is 11.4 Å². The second-order valence-electron chi connectivity index (χ2n) is 21.6. The molecule has 63 heavy (non-hydrogen) atoms. The molecule has 8 bridgehead atoms. The summed E-state index contributed by atoms with van der Waals surface area (Å²) in [4.78, 5) is 38.2. The van der Waals surface area contributed by atoms with Crippen LogP contribution in [0.15, 0.2) is 85.2 Å². The number of amides is 1. The normalized spacial score (nSPS) is 30.9. The molecule has 3 N–H and O–H groups in total. The summed E-state index contributed by atoms with van der Waals surface area (Å²) in [7, 11) is 0. The number of benzene rings is 2. The molecule has 2 aliphatic heterocycles. The predicted octanol–water partition coefficient (Wildman–Crippen LogP) is 10.8. The molecular weight excluding hydrogens is 800 g/mol. The standard InChI is InChI=1S/C27H33N3O.C15H17N3.C12H17ClO/c31-26(16-27-13-20-10-21(14-27)12-22(11-20)15-27)29-24-6-8-28-25-18-30(9-7-23(24)25)17-19-4-2-1-3-5-19;16-14-6-8-17-15-11-18(9-7-13(14)15)10-12-4-2-1-3-5-12;13-11(14)7-12-4-8-1-9(5-12)3-10(2-8)6-12/h1-6,8,20-22H,7,9-18H2,(H,28,29,31);1-6,8H,7,9-11H2,(H2,16,17);8-10H,1-7H2. The smallest absolute Gasteiger partial charge is 0.224 e. The molecule has 1 amide bonds. The number of halogens is 1. The van der Waals surface area contributed by atoms with E-state index < -0.39 is 0 Å². The van der Waals surface area contributed by atoms with Gasteiger partial charge in [-0.1, -0.05) is 60.7 Å². The summed E-state index contributed by atoms with van der Waals surface area (Å²) in [5.41, 5.74) is 15.9. The van der Waals surface area contributed by atoms with Gasteiger partial charge >= 0.3 is 0 Å². The number of hydrogen-bond donors (Lipinski definition) is 2. The summed E-state index contributed by atoms with van der Waals surface area (Å²) in [5, 5.41) is 3.21. The molecule has 8 aliphatic carbocycles. The van der Waals surface area contributed by atoms with Gasteiger partial charge in [0.2, 0.25) is 11.1 Å². The number of fused-ring (bicyclic) bond motifs is 2. The van der Waals surface area contributed by atoms with Crippen molar-refractivity contribution in [1.82, 2.24) is 19.8 Å². The molecule has 8 nitrogen and oxygen atoms in total. The van der Waals surface area contributed by atoms with Crippen LogP contribution < -0.4 is 11.1 Å². The SMILES string of the molecule is Nc1ccnc2c1CCN(Cc1ccccc1)C2.O=C(CC12CC3CC(CC(C3)C1)C2)Nc1ccnc2c1CCN(Cc1ccccc1)C2.O=C(Cl)CC12CC3CC(CC(C3)C1)C2. The van der Waals surface area contributed by atoms with Crippen molar-refractivity contribution in [1.29, 1.82) is 0 Å². The number of nitrogens with two attached hydrogens (primary N) is 1. The largest absolute Gasteiger partial charge is 0.398 e. The number of anilines is 2. The number of aromatic nitrogens is 2. The third-order valence-electron chi connectivity index (χ3n) is 16.6.